The van der Waals surface area contributed by atoms with Crippen LogP contribution in [-0.4, -0.2) is 52.7 Å². The Kier molecular flexibility index (Phi) is 5.49. The van der Waals surface area contributed by atoms with Gasteiger partial charge in [0, 0.05) is 31.7 Å². The molecular formula is C15H28N2O2. The highest BCUT2D eigenvalue weighted by molar-refractivity contribution is 5.65. The zero-order valence-corrected chi connectivity index (χ0v) is 12.2. The van der Waals surface area contributed by atoms with E-state index in [0.29, 0.717) is 6.54 Å². The molecule has 1 saturated heterocycles. The molecular weight excluding hydrogens is 240 g/mol. The lowest BCUT2D eigenvalue weighted by Gasteiger charge is -2.39. The van der Waals surface area contributed by atoms with Gasteiger partial charge in [-0.2, -0.15) is 0 Å². The van der Waals surface area contributed by atoms with Gasteiger partial charge in [0.1, 0.15) is 0 Å². The zero-order valence-electron chi connectivity index (χ0n) is 12.2. The Morgan fingerprint density at radius 2 is 1.84 bits per heavy atom. The first-order valence-corrected chi connectivity index (χ1v) is 7.96. The molecule has 2 aliphatic rings. The van der Waals surface area contributed by atoms with Crippen LogP contribution in [-0.2, 0) is 0 Å². The summed E-state index contributed by atoms with van der Waals surface area (Å²) >= 11 is 0. The Bertz CT molecular complexity index is 282. The van der Waals surface area contributed by atoms with Crippen LogP contribution in [0, 0.1) is 0 Å². The van der Waals surface area contributed by atoms with Gasteiger partial charge in [-0.1, -0.05) is 26.2 Å². The van der Waals surface area contributed by atoms with Gasteiger partial charge >= 0.3 is 6.09 Å². The van der Waals surface area contributed by atoms with Gasteiger partial charge in [0.25, 0.3) is 0 Å². The summed E-state index contributed by atoms with van der Waals surface area (Å²) in [6.07, 6.45) is 8.81. The molecule has 1 aliphatic carbocycles. The zero-order chi connectivity index (χ0) is 13.7. The molecule has 2 rings (SSSR count). The number of hydrogen-bond acceptors (Lipinski definition) is 2. The van der Waals surface area contributed by atoms with E-state index in [4.69, 9.17) is 0 Å². The monoisotopic (exact) mass is 268 g/mol. The SMILES string of the molecule is CCCCN(C(=O)O)C1CCN(C2CCCC2)CC1. The number of likely N-dealkylation sites (tertiary alicyclic amines) is 1. The van der Waals surface area contributed by atoms with Crippen molar-refractivity contribution in [3.63, 3.8) is 0 Å². The van der Waals surface area contributed by atoms with Crippen molar-refractivity contribution in [3.05, 3.63) is 0 Å². The van der Waals surface area contributed by atoms with Gasteiger partial charge in [-0.25, -0.2) is 4.79 Å². The maximum absolute atomic E-state index is 11.4. The van der Waals surface area contributed by atoms with E-state index >= 15 is 0 Å². The number of hydrogen-bond donors (Lipinski definition) is 1. The average Bonchev–Trinajstić information content (AvgIpc) is 2.93. The van der Waals surface area contributed by atoms with Gasteiger partial charge in [0.2, 0.25) is 0 Å². The lowest BCUT2D eigenvalue weighted by molar-refractivity contribution is 0.0761. The van der Waals surface area contributed by atoms with Gasteiger partial charge in [-0.15, -0.1) is 0 Å². The van der Waals surface area contributed by atoms with Crippen molar-refractivity contribution in [3.8, 4) is 0 Å². The third kappa shape index (κ3) is 3.85. The highest BCUT2D eigenvalue weighted by Gasteiger charge is 2.31. The average molecular weight is 268 g/mol. The highest BCUT2D eigenvalue weighted by atomic mass is 16.4. The summed E-state index contributed by atoms with van der Waals surface area (Å²) < 4.78 is 0. The number of unbranched alkanes of at least 4 members (excludes halogenated alkanes) is 1. The van der Waals surface area contributed by atoms with Gasteiger partial charge in [-0.05, 0) is 32.1 Å². The predicted octanol–water partition coefficient (Wildman–Crippen LogP) is 3.17. The molecule has 0 spiro atoms. The molecule has 0 aromatic heterocycles. The Labute approximate surface area is 116 Å². The maximum Gasteiger partial charge on any atom is 0.407 e. The molecule has 19 heavy (non-hydrogen) atoms. The first-order chi connectivity index (χ1) is 9.22. The minimum Gasteiger partial charge on any atom is -0.465 e. The topological polar surface area (TPSA) is 43.8 Å². The Morgan fingerprint density at radius 3 is 2.37 bits per heavy atom. The number of rotatable bonds is 5. The van der Waals surface area contributed by atoms with Crippen LogP contribution in [0.3, 0.4) is 0 Å². The van der Waals surface area contributed by atoms with Gasteiger partial charge < -0.3 is 14.9 Å². The van der Waals surface area contributed by atoms with Gasteiger partial charge in [-0.3, -0.25) is 0 Å². The fraction of sp³-hybridized carbons (Fsp3) is 0.933. The van der Waals surface area contributed by atoms with E-state index in [9.17, 15) is 9.90 Å². The largest absolute Gasteiger partial charge is 0.465 e. The number of carbonyl (C=O) groups is 1. The summed E-state index contributed by atoms with van der Waals surface area (Å²) in [7, 11) is 0. The molecule has 2 fully saturated rings. The lowest BCUT2D eigenvalue weighted by atomic mass is 10.0. The van der Waals surface area contributed by atoms with Crippen molar-refractivity contribution < 1.29 is 9.90 Å². The van der Waals surface area contributed by atoms with E-state index in [1.54, 1.807) is 4.90 Å². The Morgan fingerprint density at radius 1 is 1.21 bits per heavy atom. The molecule has 0 bridgehead atoms. The molecule has 110 valence electrons. The van der Waals surface area contributed by atoms with E-state index in [-0.39, 0.29) is 6.04 Å². The van der Waals surface area contributed by atoms with Crippen LogP contribution in [0.25, 0.3) is 0 Å². The van der Waals surface area contributed by atoms with Gasteiger partial charge in [0.05, 0.1) is 0 Å². The van der Waals surface area contributed by atoms with E-state index in [2.05, 4.69) is 11.8 Å². The maximum atomic E-state index is 11.4. The molecule has 0 radical (unpaired) electrons. The molecule has 1 amide bonds. The predicted molar refractivity (Wildman–Crippen MR) is 76.5 cm³/mol. The van der Waals surface area contributed by atoms with Crippen molar-refractivity contribution >= 4 is 6.09 Å². The second-order valence-electron chi connectivity index (χ2n) is 6.03. The number of nitrogens with zero attached hydrogens (tertiary/aromatic N) is 2. The van der Waals surface area contributed by atoms with Crippen molar-refractivity contribution in [1.82, 2.24) is 9.80 Å². The molecule has 0 unspecified atom stereocenters. The summed E-state index contributed by atoms with van der Waals surface area (Å²) in [5.41, 5.74) is 0. The van der Waals surface area contributed by atoms with Crippen LogP contribution in [0.5, 0.6) is 0 Å². The van der Waals surface area contributed by atoms with Crippen LogP contribution in [0.15, 0.2) is 0 Å². The second-order valence-corrected chi connectivity index (χ2v) is 6.03. The summed E-state index contributed by atoms with van der Waals surface area (Å²) in [4.78, 5) is 15.6. The Balaban J connectivity index is 1.81. The third-order valence-corrected chi connectivity index (χ3v) is 4.78. The molecule has 1 aliphatic heterocycles. The van der Waals surface area contributed by atoms with Crippen molar-refractivity contribution in [2.75, 3.05) is 19.6 Å². The summed E-state index contributed by atoms with van der Waals surface area (Å²) in [6, 6.07) is 1.04. The summed E-state index contributed by atoms with van der Waals surface area (Å²) in [6.45, 7) is 5.00. The smallest absolute Gasteiger partial charge is 0.407 e. The lowest BCUT2D eigenvalue weighted by Crippen LogP contribution is -2.49. The first-order valence-electron chi connectivity index (χ1n) is 7.96. The standard InChI is InChI=1S/C15H28N2O2/c1-2-3-10-17(15(18)19)14-8-11-16(12-9-14)13-6-4-5-7-13/h13-14H,2-12H2,1H3,(H,18,19). The van der Waals surface area contributed by atoms with Crippen LogP contribution in [0.1, 0.15) is 58.3 Å². The molecule has 4 heteroatoms. The normalized spacial score (nSPS) is 22.8. The highest BCUT2D eigenvalue weighted by Crippen LogP contribution is 2.27. The number of piperidine rings is 1. The van der Waals surface area contributed by atoms with Crippen LogP contribution in [0.4, 0.5) is 4.79 Å². The minimum absolute atomic E-state index is 0.252. The molecule has 4 nitrogen and oxygen atoms in total. The molecule has 1 N–H and O–H groups in total. The van der Waals surface area contributed by atoms with Crippen molar-refractivity contribution in [1.29, 1.82) is 0 Å². The van der Waals surface area contributed by atoms with Crippen LogP contribution >= 0.6 is 0 Å². The molecule has 1 heterocycles. The molecule has 0 aromatic carbocycles. The summed E-state index contributed by atoms with van der Waals surface area (Å²) in [5.74, 6) is 0. The quantitative estimate of drug-likeness (QED) is 0.833. The van der Waals surface area contributed by atoms with Crippen molar-refractivity contribution in [2.24, 2.45) is 0 Å². The number of carboxylic acid groups (broad SMARTS) is 1. The van der Waals surface area contributed by atoms with E-state index < -0.39 is 6.09 Å². The van der Waals surface area contributed by atoms with Crippen LogP contribution < -0.4 is 0 Å². The third-order valence-electron chi connectivity index (χ3n) is 4.78. The second kappa shape index (κ2) is 7.13. The Hall–Kier alpha value is -0.770. The van der Waals surface area contributed by atoms with Gasteiger partial charge in [0.15, 0.2) is 0 Å². The fourth-order valence-corrected chi connectivity index (χ4v) is 3.59. The summed E-state index contributed by atoms with van der Waals surface area (Å²) in [5, 5.41) is 9.34. The van der Waals surface area contributed by atoms with E-state index in [1.165, 1.54) is 25.7 Å². The van der Waals surface area contributed by atoms with E-state index in [0.717, 1.165) is 44.8 Å². The first kappa shape index (κ1) is 14.6. The molecule has 0 atom stereocenters. The fourth-order valence-electron chi connectivity index (χ4n) is 3.59. The number of amides is 1. The van der Waals surface area contributed by atoms with Crippen molar-refractivity contribution in [2.45, 2.75) is 70.4 Å². The van der Waals surface area contributed by atoms with Crippen LogP contribution in [0.2, 0.25) is 0 Å². The van der Waals surface area contributed by atoms with E-state index in [1.807, 2.05) is 0 Å². The molecule has 1 saturated carbocycles. The molecule has 0 aromatic rings. The minimum atomic E-state index is -0.729.